The van der Waals surface area contributed by atoms with Crippen molar-refractivity contribution >= 4 is 10.8 Å². The van der Waals surface area contributed by atoms with Crippen molar-refractivity contribution in [1.82, 2.24) is 0 Å². The number of aliphatic hydroxyl groups is 1. The molecule has 0 spiro atoms. The molecule has 3 aromatic carbocycles. The third kappa shape index (κ3) is 4.56. The topological polar surface area (TPSA) is 46.1 Å². The van der Waals surface area contributed by atoms with Crippen LogP contribution >= 0.6 is 0 Å². The summed E-state index contributed by atoms with van der Waals surface area (Å²) >= 11 is 0. The lowest BCUT2D eigenvalue weighted by molar-refractivity contribution is -0.675. The van der Waals surface area contributed by atoms with Crippen molar-refractivity contribution in [2.24, 2.45) is 0 Å². The molecule has 0 aromatic heterocycles. The maximum absolute atomic E-state index is 13.0. The van der Waals surface area contributed by atoms with E-state index in [0.717, 1.165) is 34.2 Å². The van der Waals surface area contributed by atoms with Crippen molar-refractivity contribution < 1.29 is 19.6 Å². The molecule has 3 N–H and O–H groups in total. The van der Waals surface area contributed by atoms with E-state index in [9.17, 15) is 9.50 Å². The monoisotopic (exact) mass is 340 g/mol. The SMILES string of the molecule is C[C@@H](O)C[NH2+]Cc1c(OCc2ccc(F)cc2)ccc2ccccc12. The van der Waals surface area contributed by atoms with E-state index in [1.807, 2.05) is 24.3 Å². The van der Waals surface area contributed by atoms with E-state index in [1.54, 1.807) is 19.1 Å². The second kappa shape index (κ2) is 8.10. The van der Waals surface area contributed by atoms with Gasteiger partial charge in [-0.25, -0.2) is 4.39 Å². The van der Waals surface area contributed by atoms with E-state index in [-0.39, 0.29) is 11.9 Å². The van der Waals surface area contributed by atoms with Crippen LogP contribution in [0.1, 0.15) is 18.1 Å². The molecule has 0 aliphatic heterocycles. The van der Waals surface area contributed by atoms with Gasteiger partial charge < -0.3 is 15.2 Å². The number of rotatable bonds is 7. The molecule has 1 atom stereocenters. The zero-order valence-electron chi connectivity index (χ0n) is 14.3. The minimum atomic E-state index is -0.349. The Morgan fingerprint density at radius 1 is 1.04 bits per heavy atom. The Morgan fingerprint density at radius 2 is 1.80 bits per heavy atom. The van der Waals surface area contributed by atoms with Crippen molar-refractivity contribution in [3.63, 3.8) is 0 Å². The molecule has 0 fully saturated rings. The molecule has 0 heterocycles. The zero-order chi connectivity index (χ0) is 17.6. The third-order valence-corrected chi connectivity index (χ3v) is 4.16. The summed E-state index contributed by atoms with van der Waals surface area (Å²) in [4.78, 5) is 0. The minimum absolute atomic E-state index is 0.247. The molecule has 4 heteroatoms. The van der Waals surface area contributed by atoms with Gasteiger partial charge in [0.1, 0.15) is 31.3 Å². The second-order valence-electron chi connectivity index (χ2n) is 6.26. The normalized spacial score (nSPS) is 12.3. The Balaban J connectivity index is 1.83. The second-order valence-corrected chi connectivity index (χ2v) is 6.26. The van der Waals surface area contributed by atoms with E-state index >= 15 is 0 Å². The number of ether oxygens (including phenoxy) is 1. The van der Waals surface area contributed by atoms with Crippen molar-refractivity contribution in [3.05, 3.63) is 77.6 Å². The summed E-state index contributed by atoms with van der Waals surface area (Å²) in [5, 5.41) is 13.9. The molecule has 0 saturated heterocycles. The van der Waals surface area contributed by atoms with Crippen molar-refractivity contribution in [1.29, 1.82) is 0 Å². The molecule has 0 saturated carbocycles. The highest BCUT2D eigenvalue weighted by Gasteiger charge is 2.11. The summed E-state index contributed by atoms with van der Waals surface area (Å²) in [6, 6.07) is 18.6. The van der Waals surface area contributed by atoms with Gasteiger partial charge in [0.15, 0.2) is 0 Å². The highest BCUT2D eigenvalue weighted by atomic mass is 19.1. The number of nitrogens with two attached hydrogens (primary N) is 1. The first-order chi connectivity index (χ1) is 12.1. The van der Waals surface area contributed by atoms with Crippen LogP contribution in [0.3, 0.4) is 0 Å². The van der Waals surface area contributed by atoms with Crippen LogP contribution in [-0.4, -0.2) is 17.8 Å². The van der Waals surface area contributed by atoms with Gasteiger partial charge in [-0.3, -0.25) is 0 Å². The minimum Gasteiger partial charge on any atom is -0.488 e. The lowest BCUT2D eigenvalue weighted by Gasteiger charge is -2.14. The van der Waals surface area contributed by atoms with Gasteiger partial charge in [-0.2, -0.15) is 0 Å². The standard InChI is InChI=1S/C21H22FNO2/c1-15(24)12-23-13-20-19-5-3-2-4-17(19)8-11-21(20)25-14-16-6-9-18(22)10-7-16/h2-11,15,23-24H,12-14H2,1H3/p+1/t15-/m1/s1. The Kier molecular flexibility index (Phi) is 5.64. The van der Waals surface area contributed by atoms with Crippen LogP contribution < -0.4 is 10.1 Å². The van der Waals surface area contributed by atoms with Crippen molar-refractivity contribution in [3.8, 4) is 5.75 Å². The summed E-state index contributed by atoms with van der Waals surface area (Å²) in [6.45, 7) is 3.54. The highest BCUT2D eigenvalue weighted by molar-refractivity contribution is 5.87. The molecular weight excluding hydrogens is 317 g/mol. The average Bonchev–Trinajstić information content (AvgIpc) is 2.62. The maximum Gasteiger partial charge on any atom is 0.129 e. The summed E-state index contributed by atoms with van der Waals surface area (Å²) in [6.07, 6.45) is -0.349. The van der Waals surface area contributed by atoms with Crippen molar-refractivity contribution in [2.75, 3.05) is 6.54 Å². The van der Waals surface area contributed by atoms with Crippen LogP contribution in [0.15, 0.2) is 60.7 Å². The largest absolute Gasteiger partial charge is 0.488 e. The van der Waals surface area contributed by atoms with Gasteiger partial charge >= 0.3 is 0 Å². The molecule has 0 aliphatic carbocycles. The number of fused-ring (bicyclic) bond motifs is 1. The average molecular weight is 340 g/mol. The van der Waals surface area contributed by atoms with Gasteiger partial charge in [0.05, 0.1) is 11.7 Å². The number of quaternary nitrogens is 1. The third-order valence-electron chi connectivity index (χ3n) is 4.16. The Morgan fingerprint density at radius 3 is 2.56 bits per heavy atom. The zero-order valence-corrected chi connectivity index (χ0v) is 14.3. The molecule has 0 amide bonds. The number of aliphatic hydroxyl groups excluding tert-OH is 1. The first kappa shape index (κ1) is 17.4. The predicted octanol–water partition coefficient (Wildman–Crippen LogP) is 3.00. The summed E-state index contributed by atoms with van der Waals surface area (Å²) in [5.41, 5.74) is 2.04. The fraction of sp³-hybridized carbons (Fsp3) is 0.238. The fourth-order valence-corrected chi connectivity index (χ4v) is 2.87. The molecule has 25 heavy (non-hydrogen) atoms. The molecule has 3 nitrogen and oxygen atoms in total. The molecule has 130 valence electrons. The number of benzene rings is 3. The number of halogens is 1. The summed E-state index contributed by atoms with van der Waals surface area (Å²) < 4.78 is 19.1. The van der Waals surface area contributed by atoms with E-state index in [0.29, 0.717) is 13.2 Å². The molecule has 0 bridgehead atoms. The van der Waals surface area contributed by atoms with Gasteiger partial charge in [-0.15, -0.1) is 0 Å². The highest BCUT2D eigenvalue weighted by Crippen LogP contribution is 2.28. The molecule has 3 aromatic rings. The van der Waals surface area contributed by atoms with E-state index in [1.165, 1.54) is 12.1 Å². The van der Waals surface area contributed by atoms with Crippen LogP contribution in [0.5, 0.6) is 5.75 Å². The Labute approximate surface area is 147 Å². The van der Waals surface area contributed by atoms with E-state index < -0.39 is 0 Å². The van der Waals surface area contributed by atoms with Gasteiger partial charge in [0.25, 0.3) is 0 Å². The maximum atomic E-state index is 13.0. The fourth-order valence-electron chi connectivity index (χ4n) is 2.87. The van der Waals surface area contributed by atoms with Crippen molar-refractivity contribution in [2.45, 2.75) is 26.2 Å². The Hall–Kier alpha value is -2.43. The lowest BCUT2D eigenvalue weighted by Crippen LogP contribution is -2.84. The van der Waals surface area contributed by atoms with Crippen LogP contribution in [-0.2, 0) is 13.2 Å². The van der Waals surface area contributed by atoms with Crippen LogP contribution in [0, 0.1) is 5.82 Å². The molecule has 0 aliphatic rings. The molecule has 0 unspecified atom stereocenters. The predicted molar refractivity (Wildman–Crippen MR) is 96.9 cm³/mol. The molecule has 3 rings (SSSR count). The summed E-state index contributed by atoms with van der Waals surface area (Å²) in [7, 11) is 0. The van der Waals surface area contributed by atoms with Crippen LogP contribution in [0.25, 0.3) is 10.8 Å². The number of hydrogen-bond donors (Lipinski definition) is 2. The van der Waals surface area contributed by atoms with E-state index in [2.05, 4.69) is 17.4 Å². The smallest absolute Gasteiger partial charge is 0.129 e. The molecular formula is C21H23FNO2+. The Bertz CT molecular complexity index is 831. The molecule has 0 radical (unpaired) electrons. The quantitative estimate of drug-likeness (QED) is 0.694. The summed E-state index contributed by atoms with van der Waals surface area (Å²) in [5.74, 6) is 0.577. The van der Waals surface area contributed by atoms with Gasteiger partial charge in [0.2, 0.25) is 0 Å². The first-order valence-corrected chi connectivity index (χ1v) is 8.51. The lowest BCUT2D eigenvalue weighted by atomic mass is 10.0. The van der Waals surface area contributed by atoms with Crippen LogP contribution in [0.2, 0.25) is 0 Å². The van der Waals surface area contributed by atoms with Gasteiger partial charge in [-0.05, 0) is 41.5 Å². The van der Waals surface area contributed by atoms with E-state index in [4.69, 9.17) is 4.74 Å². The van der Waals surface area contributed by atoms with Gasteiger partial charge in [-0.1, -0.05) is 42.5 Å². The first-order valence-electron chi connectivity index (χ1n) is 8.51. The van der Waals surface area contributed by atoms with Crippen LogP contribution in [0.4, 0.5) is 4.39 Å². The number of hydrogen-bond acceptors (Lipinski definition) is 2. The van der Waals surface area contributed by atoms with Gasteiger partial charge in [0, 0.05) is 0 Å².